The van der Waals surface area contributed by atoms with Gasteiger partial charge < -0.3 is 15.4 Å². The van der Waals surface area contributed by atoms with Gasteiger partial charge in [0, 0.05) is 11.9 Å². The molecule has 0 radical (unpaired) electrons. The minimum atomic E-state index is -4.46. The Morgan fingerprint density at radius 1 is 1.13 bits per heavy atom. The van der Waals surface area contributed by atoms with Crippen LogP contribution in [0.2, 0.25) is 0 Å². The fourth-order valence-electron chi connectivity index (χ4n) is 2.41. The van der Waals surface area contributed by atoms with Crippen LogP contribution in [0, 0.1) is 11.3 Å². The lowest BCUT2D eigenvalue weighted by molar-refractivity contribution is -0.137. The van der Waals surface area contributed by atoms with Gasteiger partial charge in [0.25, 0.3) is 5.91 Å². The van der Waals surface area contributed by atoms with Gasteiger partial charge in [-0.15, -0.1) is 0 Å². The molecule has 9 heteroatoms. The Kier molecular flexibility index (Phi) is 8.20. The Labute approximate surface area is 177 Å². The number of carbonyl (C=O) groups excluding carboxylic acids is 2. The molecule has 31 heavy (non-hydrogen) atoms. The Morgan fingerprint density at radius 2 is 1.81 bits per heavy atom. The maximum atomic E-state index is 12.6. The largest absolute Gasteiger partial charge is 0.462 e. The third-order valence-corrected chi connectivity index (χ3v) is 4.09. The zero-order chi connectivity index (χ0) is 22.9. The van der Waals surface area contributed by atoms with Gasteiger partial charge in [0.1, 0.15) is 11.6 Å². The van der Waals surface area contributed by atoms with Crippen LogP contribution in [0.15, 0.2) is 60.3 Å². The SMILES string of the molecule is CCCCOC(=O)c1ccccc1NC(=O)/C(C#N)=C\Nc1ccc(C(F)(F)F)cc1. The third-order valence-electron chi connectivity index (χ3n) is 4.09. The molecule has 0 aromatic heterocycles. The van der Waals surface area contributed by atoms with Crippen LogP contribution in [0.5, 0.6) is 0 Å². The normalized spacial score (nSPS) is 11.4. The molecule has 1 amide bonds. The van der Waals surface area contributed by atoms with Crippen LogP contribution < -0.4 is 10.6 Å². The summed E-state index contributed by atoms with van der Waals surface area (Å²) in [7, 11) is 0. The number of nitrogens with one attached hydrogen (secondary N) is 2. The number of unbranched alkanes of at least 4 members (excludes halogenated alkanes) is 1. The molecule has 2 N–H and O–H groups in total. The molecule has 6 nitrogen and oxygen atoms in total. The zero-order valence-electron chi connectivity index (χ0n) is 16.6. The smallest absolute Gasteiger partial charge is 0.416 e. The monoisotopic (exact) mass is 431 g/mol. The van der Waals surface area contributed by atoms with Crippen molar-refractivity contribution in [1.82, 2.24) is 0 Å². The van der Waals surface area contributed by atoms with Crippen LogP contribution in [0.3, 0.4) is 0 Å². The zero-order valence-corrected chi connectivity index (χ0v) is 16.6. The summed E-state index contributed by atoms with van der Waals surface area (Å²) < 4.78 is 43.0. The summed E-state index contributed by atoms with van der Waals surface area (Å²) >= 11 is 0. The number of nitrogens with zero attached hydrogens (tertiary/aromatic N) is 1. The van der Waals surface area contributed by atoms with E-state index >= 15 is 0 Å². The first-order valence-electron chi connectivity index (χ1n) is 9.37. The fraction of sp³-hybridized carbons (Fsp3) is 0.227. The Bertz CT molecular complexity index is 994. The number of benzene rings is 2. The van der Waals surface area contributed by atoms with Crippen molar-refractivity contribution >= 4 is 23.3 Å². The number of hydrogen-bond donors (Lipinski definition) is 2. The number of anilines is 2. The van der Waals surface area contributed by atoms with E-state index in [0.717, 1.165) is 24.8 Å². The summed E-state index contributed by atoms with van der Waals surface area (Å²) in [5.74, 6) is -1.40. The first-order chi connectivity index (χ1) is 14.8. The molecule has 0 aliphatic heterocycles. The van der Waals surface area contributed by atoms with Crippen molar-refractivity contribution in [3.63, 3.8) is 0 Å². The first kappa shape index (κ1) is 23.5. The standard InChI is InChI=1S/C22H20F3N3O3/c1-2-3-12-31-21(30)18-6-4-5-7-19(18)28-20(29)15(13-26)14-27-17-10-8-16(9-11-17)22(23,24)25/h4-11,14,27H,2-3,12H2,1H3,(H,28,29)/b15-14-. The van der Waals surface area contributed by atoms with Gasteiger partial charge in [-0.25, -0.2) is 4.79 Å². The molecule has 0 saturated heterocycles. The molecule has 2 aromatic rings. The van der Waals surface area contributed by atoms with Crippen LogP contribution >= 0.6 is 0 Å². The molecule has 0 heterocycles. The molecular weight excluding hydrogens is 411 g/mol. The molecule has 0 aliphatic carbocycles. The Balaban J connectivity index is 2.10. The summed E-state index contributed by atoms with van der Waals surface area (Å²) in [4.78, 5) is 24.7. The van der Waals surface area contributed by atoms with E-state index in [9.17, 15) is 28.0 Å². The number of carbonyl (C=O) groups is 2. The van der Waals surface area contributed by atoms with E-state index in [2.05, 4.69) is 10.6 Å². The van der Waals surface area contributed by atoms with Gasteiger partial charge in [-0.05, 0) is 42.8 Å². The van der Waals surface area contributed by atoms with Crippen LogP contribution in [0.4, 0.5) is 24.5 Å². The van der Waals surface area contributed by atoms with Crippen molar-refractivity contribution in [2.75, 3.05) is 17.2 Å². The number of para-hydroxylation sites is 1. The maximum absolute atomic E-state index is 12.6. The fourth-order valence-corrected chi connectivity index (χ4v) is 2.41. The van der Waals surface area contributed by atoms with Gasteiger partial charge in [0.15, 0.2) is 0 Å². The predicted octanol–water partition coefficient (Wildman–Crippen LogP) is 5.12. The van der Waals surface area contributed by atoms with Crippen LogP contribution in [-0.4, -0.2) is 18.5 Å². The minimum Gasteiger partial charge on any atom is -0.462 e. The van der Waals surface area contributed by atoms with Gasteiger partial charge in [0.2, 0.25) is 0 Å². The van der Waals surface area contributed by atoms with E-state index in [1.807, 2.05) is 6.92 Å². The Hall–Kier alpha value is -3.80. The number of amides is 1. The maximum Gasteiger partial charge on any atom is 0.416 e. The van der Waals surface area contributed by atoms with Crippen molar-refractivity contribution in [2.24, 2.45) is 0 Å². The summed E-state index contributed by atoms with van der Waals surface area (Å²) in [5, 5.41) is 14.4. The molecule has 0 atom stereocenters. The molecule has 162 valence electrons. The average Bonchev–Trinajstić information content (AvgIpc) is 2.74. The van der Waals surface area contributed by atoms with Crippen molar-refractivity contribution in [2.45, 2.75) is 25.9 Å². The highest BCUT2D eigenvalue weighted by Crippen LogP contribution is 2.29. The van der Waals surface area contributed by atoms with Gasteiger partial charge in [-0.1, -0.05) is 25.5 Å². The topological polar surface area (TPSA) is 91.2 Å². The quantitative estimate of drug-likeness (QED) is 0.262. The van der Waals surface area contributed by atoms with Gasteiger partial charge >= 0.3 is 12.1 Å². The molecule has 2 rings (SSSR count). The van der Waals surface area contributed by atoms with Crippen molar-refractivity contribution in [1.29, 1.82) is 5.26 Å². The molecule has 0 spiro atoms. The van der Waals surface area contributed by atoms with Crippen molar-refractivity contribution in [3.05, 3.63) is 71.4 Å². The van der Waals surface area contributed by atoms with E-state index in [4.69, 9.17) is 4.74 Å². The number of halogens is 3. The highest BCUT2D eigenvalue weighted by atomic mass is 19.4. The highest BCUT2D eigenvalue weighted by molar-refractivity contribution is 6.09. The van der Waals surface area contributed by atoms with E-state index in [1.54, 1.807) is 18.2 Å². The Morgan fingerprint density at radius 3 is 2.42 bits per heavy atom. The third kappa shape index (κ3) is 6.89. The van der Waals surface area contributed by atoms with Gasteiger partial charge in [-0.3, -0.25) is 4.79 Å². The van der Waals surface area contributed by atoms with E-state index in [-0.39, 0.29) is 29.1 Å². The second kappa shape index (κ2) is 10.8. The number of nitriles is 1. The summed E-state index contributed by atoms with van der Waals surface area (Å²) in [6.07, 6.45) is -1.83. The molecule has 2 aromatic carbocycles. The minimum absolute atomic E-state index is 0.139. The second-order valence-corrected chi connectivity index (χ2v) is 6.38. The molecular formula is C22H20F3N3O3. The lowest BCUT2D eigenvalue weighted by Crippen LogP contribution is -2.18. The summed E-state index contributed by atoms with van der Waals surface area (Å²) in [6.45, 7) is 2.20. The van der Waals surface area contributed by atoms with Crippen molar-refractivity contribution < 1.29 is 27.5 Å². The summed E-state index contributed by atoms with van der Waals surface area (Å²) in [5.41, 5.74) is -0.588. The number of hydrogen-bond acceptors (Lipinski definition) is 5. The van der Waals surface area contributed by atoms with Gasteiger partial charge in [-0.2, -0.15) is 18.4 Å². The lowest BCUT2D eigenvalue weighted by atomic mass is 10.1. The van der Waals surface area contributed by atoms with Crippen molar-refractivity contribution in [3.8, 4) is 6.07 Å². The predicted molar refractivity (Wildman–Crippen MR) is 109 cm³/mol. The molecule has 0 aliphatic rings. The average molecular weight is 431 g/mol. The highest BCUT2D eigenvalue weighted by Gasteiger charge is 2.29. The number of esters is 1. The molecule has 0 fully saturated rings. The van der Waals surface area contributed by atoms with E-state index < -0.39 is 23.6 Å². The number of rotatable bonds is 8. The molecule has 0 bridgehead atoms. The lowest BCUT2D eigenvalue weighted by Gasteiger charge is -2.11. The van der Waals surface area contributed by atoms with Gasteiger partial charge in [0.05, 0.1) is 23.4 Å². The van der Waals surface area contributed by atoms with Crippen LogP contribution in [0.25, 0.3) is 0 Å². The van der Waals surface area contributed by atoms with Crippen LogP contribution in [-0.2, 0) is 15.7 Å². The van der Waals surface area contributed by atoms with E-state index in [0.29, 0.717) is 6.42 Å². The number of alkyl halides is 3. The van der Waals surface area contributed by atoms with E-state index in [1.165, 1.54) is 24.3 Å². The number of ether oxygens (including phenoxy) is 1. The first-order valence-corrected chi connectivity index (χ1v) is 9.37. The second-order valence-electron chi connectivity index (χ2n) is 6.38. The van der Waals surface area contributed by atoms with Crippen LogP contribution in [0.1, 0.15) is 35.7 Å². The summed E-state index contributed by atoms with van der Waals surface area (Å²) in [6, 6.07) is 12.0. The molecule has 0 saturated carbocycles. The molecule has 0 unspecified atom stereocenters.